The Hall–Kier alpha value is -0.361. The molecule has 0 bridgehead atoms. The van der Waals surface area contributed by atoms with Gasteiger partial charge in [-0.25, -0.2) is 26.3 Å². The van der Waals surface area contributed by atoms with Gasteiger partial charge in [-0.3, -0.25) is 0 Å². The van der Waals surface area contributed by atoms with Crippen molar-refractivity contribution >= 4 is 59.1 Å². The van der Waals surface area contributed by atoms with E-state index in [1.807, 2.05) is 0 Å². The fraction of sp³-hybridized carbons (Fsp3) is 0. The zero-order chi connectivity index (χ0) is 12.0. The molecule has 0 aromatic rings. The summed E-state index contributed by atoms with van der Waals surface area (Å²) < 4.78 is 7.25. The van der Waals surface area contributed by atoms with Gasteiger partial charge >= 0.3 is 27.3 Å². The predicted octanol–water partition coefficient (Wildman–Crippen LogP) is -0.169. The maximum atomic E-state index is 7.25. The molecule has 0 amide bonds. The van der Waals surface area contributed by atoms with E-state index in [2.05, 4.69) is 32.9 Å². The molecule has 10 heteroatoms. The molecular formula is C5H5FeN6Na2O+6. The third-order valence-electron chi connectivity index (χ3n) is 0. The summed E-state index contributed by atoms with van der Waals surface area (Å²) in [5.41, 5.74) is 5.75. The summed E-state index contributed by atoms with van der Waals surface area (Å²) in [4.78, 5) is 0. The molecule has 0 heterocycles. The zero-order valence-corrected chi connectivity index (χ0v) is 13.4. The number of hydrogen-bond acceptors (Lipinski definition) is 6. The fourth-order valence-electron chi connectivity index (χ4n) is 0. The molecule has 0 saturated heterocycles. The van der Waals surface area contributed by atoms with Crippen molar-refractivity contribution in [3.8, 4) is 32.9 Å². The largest absolute Gasteiger partial charge is 5.00 e. The first-order valence-corrected chi connectivity index (χ1v) is 1.47. The van der Waals surface area contributed by atoms with Crippen LogP contribution in [0.1, 0.15) is 0 Å². The van der Waals surface area contributed by atoms with Gasteiger partial charge in [-0.2, -0.15) is 0 Å². The Bertz CT molecular complexity index is 105. The molecule has 7 nitrogen and oxygen atoms in total. The Balaban J connectivity index is -0.00000000396. The zero-order valence-electron chi connectivity index (χ0n) is 8.33. The summed E-state index contributed by atoms with van der Waals surface area (Å²) in [6, 6.07) is 0. The molecule has 0 rings (SSSR count). The van der Waals surface area contributed by atoms with Crippen LogP contribution in [0, 0.1) is 64.6 Å². The summed E-state index contributed by atoms with van der Waals surface area (Å²) in [7, 11) is 0. The van der Waals surface area contributed by atoms with Crippen LogP contribution in [-0.2, 0) is 21.8 Å². The normalized spacial score (nSPS) is 0.800. The number of nitriles is 5. The molecule has 0 aromatic carbocycles. The van der Waals surface area contributed by atoms with Crippen LogP contribution in [0.25, 0.3) is 0 Å². The second kappa shape index (κ2) is 16800. The molecule has 0 atom stereocenters. The fourth-order valence-corrected chi connectivity index (χ4v) is 0. The average Bonchev–Trinajstić information content (AvgIpc) is 2.33. The van der Waals surface area contributed by atoms with Gasteiger partial charge in [0.1, 0.15) is 0 Å². The molecule has 0 unspecified atom stereocenters. The van der Waals surface area contributed by atoms with Gasteiger partial charge in [0.2, 0.25) is 0 Å². The number of hydrogen-bond donors (Lipinski definition) is 0. The molecule has 0 N–H and O–H groups in total. The molecule has 0 aliphatic rings. The van der Waals surface area contributed by atoms with Crippen molar-refractivity contribution in [1.29, 1.82) is 31.8 Å². The minimum absolute atomic E-state index is 0. The monoisotopic (exact) mass is 267 g/mol. The minimum Gasteiger partial charge on any atom is 0 e. The summed E-state index contributed by atoms with van der Waals surface area (Å²) in [5.74, 6) is 0. The van der Waals surface area contributed by atoms with Gasteiger partial charge in [0.25, 0.3) is 0 Å². The third-order valence-corrected chi connectivity index (χ3v) is 0. The van der Waals surface area contributed by atoms with Crippen LogP contribution in [0.2, 0.25) is 0 Å². The third kappa shape index (κ3) is 14200. The molecule has 0 fully saturated rings. The van der Waals surface area contributed by atoms with E-state index in [1.54, 1.807) is 0 Å². The van der Waals surface area contributed by atoms with Gasteiger partial charge in [0.15, 0.2) is 0 Å². The van der Waals surface area contributed by atoms with E-state index in [-0.39, 0.29) is 76.2 Å². The molecule has 15 heavy (non-hydrogen) atoms. The first kappa shape index (κ1) is 85.6. The molecular weight excluding hydrogens is 262 g/mol. The van der Waals surface area contributed by atoms with Crippen molar-refractivity contribution in [1.82, 2.24) is 0 Å². The van der Waals surface area contributed by atoms with Crippen LogP contribution < -0.4 is 0 Å². The smallest absolute Gasteiger partial charge is 0 e. The van der Waals surface area contributed by atoms with Gasteiger partial charge in [-0.15, -0.1) is 0 Å². The van der Waals surface area contributed by atoms with Crippen LogP contribution in [0.4, 0.5) is 0 Å². The second-order valence-electron chi connectivity index (χ2n) is 0. The van der Waals surface area contributed by atoms with Crippen molar-refractivity contribution in [3.63, 3.8) is 0 Å². The molecule has 0 spiro atoms. The van der Waals surface area contributed by atoms with E-state index in [0.29, 0.717) is 0 Å². The SMILES string of the molecule is C#N.C#N.C#N.C#N.C#N.N#[O+].[Fe+5].[Na].[Na]. The number of rotatable bonds is 0. The van der Waals surface area contributed by atoms with Crippen LogP contribution in [0.5, 0.6) is 0 Å². The number of nitrogens with zero attached hydrogens (tertiary/aromatic N) is 6. The Morgan fingerprint density at radius 1 is 0.467 bits per heavy atom. The van der Waals surface area contributed by atoms with Gasteiger partial charge in [-0.1, -0.05) is 0 Å². The van der Waals surface area contributed by atoms with Crippen molar-refractivity contribution in [2.24, 2.45) is 0 Å². The van der Waals surface area contributed by atoms with E-state index >= 15 is 0 Å². The molecule has 0 aromatic heterocycles. The van der Waals surface area contributed by atoms with Crippen molar-refractivity contribution in [3.05, 3.63) is 0 Å². The quantitative estimate of drug-likeness (QED) is 0.436. The van der Waals surface area contributed by atoms with Crippen LogP contribution in [-0.4, -0.2) is 59.1 Å². The first-order valence-electron chi connectivity index (χ1n) is 1.47. The predicted molar refractivity (Wildman–Crippen MR) is 47.3 cm³/mol. The maximum absolute atomic E-state index is 7.25. The van der Waals surface area contributed by atoms with E-state index in [1.165, 1.54) is 0 Å². The molecule has 65 valence electrons. The summed E-state index contributed by atoms with van der Waals surface area (Å²) in [6.45, 7) is 17.5. The van der Waals surface area contributed by atoms with Gasteiger partial charge < -0.3 is 0 Å². The second-order valence-corrected chi connectivity index (χ2v) is 0. The van der Waals surface area contributed by atoms with Crippen molar-refractivity contribution in [2.75, 3.05) is 0 Å². The minimum atomic E-state index is 0. The van der Waals surface area contributed by atoms with E-state index in [4.69, 9.17) is 36.5 Å². The summed E-state index contributed by atoms with van der Waals surface area (Å²) in [5, 5.41) is 32.5. The molecule has 0 aliphatic carbocycles. The van der Waals surface area contributed by atoms with Crippen molar-refractivity contribution < 1.29 is 21.8 Å². The van der Waals surface area contributed by atoms with Gasteiger partial charge in [0, 0.05) is 92.0 Å². The van der Waals surface area contributed by atoms with E-state index in [0.717, 1.165) is 0 Å². The topological polar surface area (TPSA) is 163 Å². The summed E-state index contributed by atoms with van der Waals surface area (Å²) >= 11 is 0. The standard InChI is InChI=1S/5CHN.Fe.NO.2Na/c5*1-2;;1-2;;/h5*1H;;;;/q;;;;;+5;+1;;. The van der Waals surface area contributed by atoms with E-state index in [9.17, 15) is 0 Å². The molecule has 3 radical (unpaired) electrons. The Kier molecular flexibility index (Phi) is 95700. The maximum Gasteiger partial charge on any atom is 5.00 e. The van der Waals surface area contributed by atoms with Gasteiger partial charge in [0.05, 0.1) is 0 Å². The average molecular weight is 267 g/mol. The molecule has 0 aliphatic heterocycles. The van der Waals surface area contributed by atoms with E-state index < -0.39 is 0 Å². The summed E-state index contributed by atoms with van der Waals surface area (Å²) in [6.07, 6.45) is 0. The Labute approximate surface area is 144 Å². The van der Waals surface area contributed by atoms with Crippen LogP contribution >= 0.6 is 0 Å². The first-order chi connectivity index (χ1) is 6.00. The molecule has 0 saturated carbocycles. The van der Waals surface area contributed by atoms with Crippen LogP contribution in [0.15, 0.2) is 0 Å². The Morgan fingerprint density at radius 3 is 0.467 bits per heavy atom. The Morgan fingerprint density at radius 2 is 0.467 bits per heavy atom. The van der Waals surface area contributed by atoms with Crippen molar-refractivity contribution in [2.45, 2.75) is 0 Å². The van der Waals surface area contributed by atoms with Gasteiger partial charge in [-0.05, 0) is 0 Å². The van der Waals surface area contributed by atoms with Crippen LogP contribution in [0.3, 0.4) is 0 Å².